The number of ether oxygens (including phenoxy) is 1. The summed E-state index contributed by atoms with van der Waals surface area (Å²) >= 11 is 1.65. The standard InChI is InChI=1S/C14H23NO2S/c1-11(15-9-14(2,16)10-18-4)12-7-5-6-8-13(12)17-3/h5-8,11,15-16H,9-10H2,1-4H3. The zero-order chi connectivity index (χ0) is 13.6. The van der Waals surface area contributed by atoms with Crippen LogP contribution in [-0.4, -0.2) is 36.4 Å². The van der Waals surface area contributed by atoms with Crippen LogP contribution in [0.5, 0.6) is 5.75 Å². The molecular formula is C14H23NO2S. The van der Waals surface area contributed by atoms with Crippen molar-refractivity contribution in [2.75, 3.05) is 25.7 Å². The fourth-order valence-electron chi connectivity index (χ4n) is 1.87. The lowest BCUT2D eigenvalue weighted by atomic mass is 10.1. The average Bonchev–Trinajstić information content (AvgIpc) is 2.36. The van der Waals surface area contributed by atoms with E-state index in [-0.39, 0.29) is 6.04 Å². The lowest BCUT2D eigenvalue weighted by Crippen LogP contribution is -2.40. The first-order chi connectivity index (χ1) is 8.50. The van der Waals surface area contributed by atoms with Crippen molar-refractivity contribution >= 4 is 11.8 Å². The normalized spacial score (nSPS) is 16.1. The van der Waals surface area contributed by atoms with Gasteiger partial charge in [-0.1, -0.05) is 18.2 Å². The predicted molar refractivity (Wildman–Crippen MR) is 78.4 cm³/mol. The molecule has 1 aromatic rings. The Bertz CT molecular complexity index is 369. The van der Waals surface area contributed by atoms with Crippen LogP contribution in [0.25, 0.3) is 0 Å². The molecule has 2 atom stereocenters. The van der Waals surface area contributed by atoms with Gasteiger partial charge in [0.1, 0.15) is 5.75 Å². The molecule has 0 saturated carbocycles. The molecule has 1 aromatic carbocycles. The van der Waals surface area contributed by atoms with Crippen molar-refractivity contribution in [3.63, 3.8) is 0 Å². The molecule has 0 aliphatic rings. The van der Waals surface area contributed by atoms with Gasteiger partial charge in [-0.15, -0.1) is 0 Å². The van der Waals surface area contributed by atoms with Gasteiger partial charge in [-0.25, -0.2) is 0 Å². The van der Waals surface area contributed by atoms with Gasteiger partial charge in [0.15, 0.2) is 0 Å². The molecule has 0 heterocycles. The van der Waals surface area contributed by atoms with E-state index in [1.807, 2.05) is 37.4 Å². The molecule has 0 bridgehead atoms. The van der Waals surface area contributed by atoms with Crippen LogP contribution in [0, 0.1) is 0 Å². The van der Waals surface area contributed by atoms with Crippen LogP contribution in [0.4, 0.5) is 0 Å². The van der Waals surface area contributed by atoms with E-state index in [0.29, 0.717) is 6.54 Å². The SMILES string of the molecule is COc1ccccc1C(C)NCC(C)(O)CSC. The van der Waals surface area contributed by atoms with E-state index >= 15 is 0 Å². The molecule has 18 heavy (non-hydrogen) atoms. The van der Waals surface area contributed by atoms with E-state index in [2.05, 4.69) is 12.2 Å². The molecule has 3 nitrogen and oxygen atoms in total. The first kappa shape index (κ1) is 15.3. The minimum atomic E-state index is -0.685. The summed E-state index contributed by atoms with van der Waals surface area (Å²) in [5, 5.41) is 13.5. The maximum absolute atomic E-state index is 10.1. The highest BCUT2D eigenvalue weighted by molar-refractivity contribution is 7.98. The number of aliphatic hydroxyl groups is 1. The minimum absolute atomic E-state index is 0.148. The van der Waals surface area contributed by atoms with Gasteiger partial charge >= 0.3 is 0 Å². The third kappa shape index (κ3) is 4.52. The molecule has 0 spiro atoms. The molecule has 2 N–H and O–H groups in total. The molecule has 0 radical (unpaired) electrons. The van der Waals surface area contributed by atoms with Crippen molar-refractivity contribution in [2.24, 2.45) is 0 Å². The van der Waals surface area contributed by atoms with Crippen LogP contribution in [0.3, 0.4) is 0 Å². The summed E-state index contributed by atoms with van der Waals surface area (Å²) in [6.45, 7) is 4.49. The number of benzene rings is 1. The molecule has 0 aliphatic heterocycles. The van der Waals surface area contributed by atoms with Gasteiger partial charge in [0.25, 0.3) is 0 Å². The van der Waals surface area contributed by atoms with Gasteiger partial charge in [0.2, 0.25) is 0 Å². The molecule has 0 aliphatic carbocycles. The lowest BCUT2D eigenvalue weighted by Gasteiger charge is -2.26. The quantitative estimate of drug-likeness (QED) is 0.798. The van der Waals surface area contributed by atoms with Gasteiger partial charge in [-0.05, 0) is 26.2 Å². The third-order valence-electron chi connectivity index (χ3n) is 2.85. The third-order valence-corrected chi connectivity index (χ3v) is 3.76. The maximum atomic E-state index is 10.1. The second kappa shape index (κ2) is 7.02. The molecule has 4 heteroatoms. The Balaban J connectivity index is 2.62. The summed E-state index contributed by atoms with van der Waals surface area (Å²) < 4.78 is 5.34. The number of thioether (sulfide) groups is 1. The smallest absolute Gasteiger partial charge is 0.123 e. The van der Waals surface area contributed by atoms with Crippen molar-refractivity contribution < 1.29 is 9.84 Å². The summed E-state index contributed by atoms with van der Waals surface area (Å²) in [6, 6.07) is 8.09. The average molecular weight is 269 g/mol. The van der Waals surface area contributed by atoms with Crippen LogP contribution in [0.15, 0.2) is 24.3 Å². The monoisotopic (exact) mass is 269 g/mol. The maximum Gasteiger partial charge on any atom is 0.123 e. The lowest BCUT2D eigenvalue weighted by molar-refractivity contribution is 0.0819. The first-order valence-corrected chi connectivity index (χ1v) is 7.47. The Kier molecular flexibility index (Phi) is 5.99. The molecule has 0 aromatic heterocycles. The molecule has 0 saturated heterocycles. The zero-order valence-corrected chi connectivity index (χ0v) is 12.4. The Morgan fingerprint density at radius 1 is 1.44 bits per heavy atom. The van der Waals surface area contributed by atoms with E-state index < -0.39 is 5.60 Å². The number of para-hydroxylation sites is 1. The molecule has 0 amide bonds. The second-order valence-corrected chi connectivity index (χ2v) is 5.64. The van der Waals surface area contributed by atoms with E-state index in [4.69, 9.17) is 4.74 Å². The number of rotatable bonds is 7. The van der Waals surface area contributed by atoms with Crippen LogP contribution in [-0.2, 0) is 0 Å². The van der Waals surface area contributed by atoms with E-state index in [9.17, 15) is 5.11 Å². The van der Waals surface area contributed by atoms with Crippen molar-refractivity contribution in [2.45, 2.75) is 25.5 Å². The molecular weight excluding hydrogens is 246 g/mol. The Hall–Kier alpha value is -0.710. The molecule has 1 rings (SSSR count). The number of methoxy groups -OCH3 is 1. The van der Waals surface area contributed by atoms with Crippen LogP contribution < -0.4 is 10.1 Å². The van der Waals surface area contributed by atoms with Gasteiger partial charge in [0.05, 0.1) is 12.7 Å². The topological polar surface area (TPSA) is 41.5 Å². The predicted octanol–water partition coefficient (Wildman–Crippen LogP) is 2.46. The van der Waals surface area contributed by atoms with Crippen molar-refractivity contribution in [1.29, 1.82) is 0 Å². The summed E-state index contributed by atoms with van der Waals surface area (Å²) in [5.74, 6) is 1.60. The van der Waals surface area contributed by atoms with Crippen LogP contribution >= 0.6 is 11.8 Å². The minimum Gasteiger partial charge on any atom is -0.496 e. The summed E-state index contributed by atoms with van der Waals surface area (Å²) in [7, 11) is 1.68. The number of hydrogen-bond acceptors (Lipinski definition) is 4. The van der Waals surface area contributed by atoms with Crippen molar-refractivity contribution in [3.05, 3.63) is 29.8 Å². The van der Waals surface area contributed by atoms with Gasteiger partial charge in [-0.2, -0.15) is 11.8 Å². The van der Waals surface area contributed by atoms with Gasteiger partial charge < -0.3 is 15.2 Å². The van der Waals surface area contributed by atoms with Gasteiger partial charge in [0, 0.05) is 23.9 Å². The van der Waals surface area contributed by atoms with E-state index in [1.165, 1.54) is 0 Å². The first-order valence-electron chi connectivity index (χ1n) is 6.08. The van der Waals surface area contributed by atoms with Crippen LogP contribution in [0.1, 0.15) is 25.5 Å². The largest absolute Gasteiger partial charge is 0.496 e. The Labute approximate surface area is 114 Å². The number of nitrogens with one attached hydrogen (secondary N) is 1. The zero-order valence-electron chi connectivity index (χ0n) is 11.6. The Morgan fingerprint density at radius 2 is 2.11 bits per heavy atom. The summed E-state index contributed by atoms with van der Waals surface area (Å²) in [6.07, 6.45) is 2.00. The van der Waals surface area contributed by atoms with Crippen molar-refractivity contribution in [3.8, 4) is 5.75 Å². The van der Waals surface area contributed by atoms with Gasteiger partial charge in [-0.3, -0.25) is 0 Å². The highest BCUT2D eigenvalue weighted by atomic mass is 32.2. The Morgan fingerprint density at radius 3 is 2.72 bits per heavy atom. The fraction of sp³-hybridized carbons (Fsp3) is 0.571. The highest BCUT2D eigenvalue weighted by Gasteiger charge is 2.21. The molecule has 0 fully saturated rings. The summed E-state index contributed by atoms with van der Waals surface area (Å²) in [5.41, 5.74) is 0.426. The van der Waals surface area contributed by atoms with E-state index in [1.54, 1.807) is 18.9 Å². The fourth-order valence-corrected chi connectivity index (χ4v) is 2.59. The van der Waals surface area contributed by atoms with Crippen LogP contribution in [0.2, 0.25) is 0 Å². The number of hydrogen-bond donors (Lipinski definition) is 2. The molecule has 102 valence electrons. The highest BCUT2D eigenvalue weighted by Crippen LogP contribution is 2.24. The van der Waals surface area contributed by atoms with Crippen molar-refractivity contribution in [1.82, 2.24) is 5.32 Å². The molecule has 2 unspecified atom stereocenters. The second-order valence-electron chi connectivity index (χ2n) is 4.77. The summed E-state index contributed by atoms with van der Waals surface area (Å²) in [4.78, 5) is 0. The van der Waals surface area contributed by atoms with E-state index in [0.717, 1.165) is 17.1 Å².